The minimum atomic E-state index is -0.174. The maximum atomic E-state index is 13.8. The van der Waals surface area contributed by atoms with E-state index in [-0.39, 0.29) is 29.8 Å². The molecule has 0 atom stereocenters. The zero-order valence-corrected chi connectivity index (χ0v) is 18.2. The first-order valence-corrected chi connectivity index (χ1v) is 8.68. The lowest BCUT2D eigenvalue weighted by Crippen LogP contribution is -2.38. The molecule has 25 heavy (non-hydrogen) atoms. The first kappa shape index (κ1) is 21.8. The van der Waals surface area contributed by atoms with E-state index in [1.165, 1.54) is 12.4 Å². The Labute approximate surface area is 172 Å². The van der Waals surface area contributed by atoms with Crippen molar-refractivity contribution in [3.05, 3.63) is 46.2 Å². The van der Waals surface area contributed by atoms with E-state index in [1.807, 2.05) is 26.1 Å². The maximum absolute atomic E-state index is 13.8. The molecular weight excluding hydrogens is 502 g/mol. The number of hydrogen-bond acceptors (Lipinski definition) is 3. The van der Waals surface area contributed by atoms with Crippen molar-refractivity contribution in [2.24, 2.45) is 12.0 Å². The molecule has 1 aromatic heterocycles. The minimum absolute atomic E-state index is 0. The number of nitrogens with zero attached hydrogens (tertiary/aromatic N) is 4. The summed E-state index contributed by atoms with van der Waals surface area (Å²) in [4.78, 5) is 8.63. The molecule has 1 aromatic carbocycles. The molecule has 0 amide bonds. The van der Waals surface area contributed by atoms with Gasteiger partial charge < -0.3 is 10.6 Å². The highest BCUT2D eigenvalue weighted by Crippen LogP contribution is 2.16. The molecule has 1 heterocycles. The topological polar surface area (TPSA) is 67.1 Å². The molecule has 0 aliphatic heterocycles. The van der Waals surface area contributed by atoms with Gasteiger partial charge in [-0.15, -0.1) is 24.0 Å². The second kappa shape index (κ2) is 11.4. The molecule has 9 heteroatoms. The van der Waals surface area contributed by atoms with E-state index >= 15 is 0 Å². The van der Waals surface area contributed by atoms with E-state index < -0.39 is 0 Å². The lowest BCUT2D eigenvalue weighted by Gasteiger charge is -2.11. The van der Waals surface area contributed by atoms with Crippen LogP contribution in [0.3, 0.4) is 0 Å². The van der Waals surface area contributed by atoms with Crippen LogP contribution >= 0.6 is 39.9 Å². The Hall–Kier alpha value is -1.23. The second-order valence-corrected chi connectivity index (χ2v) is 6.18. The van der Waals surface area contributed by atoms with Gasteiger partial charge in [0.2, 0.25) is 0 Å². The van der Waals surface area contributed by atoms with E-state index in [1.54, 1.807) is 4.68 Å². The van der Waals surface area contributed by atoms with Gasteiger partial charge in [-0.05, 0) is 37.5 Å². The van der Waals surface area contributed by atoms with Crippen LogP contribution in [-0.2, 0) is 20.0 Å². The molecule has 0 radical (unpaired) electrons. The van der Waals surface area contributed by atoms with Crippen LogP contribution in [0.15, 0.2) is 34.0 Å². The summed E-state index contributed by atoms with van der Waals surface area (Å²) in [6, 6.07) is 5.17. The molecular formula is C16H23BrFIN6. The highest BCUT2D eigenvalue weighted by Gasteiger charge is 2.04. The van der Waals surface area contributed by atoms with Gasteiger partial charge in [0.25, 0.3) is 0 Å². The Kier molecular flexibility index (Phi) is 9.94. The third-order valence-electron chi connectivity index (χ3n) is 3.46. The normalized spacial score (nSPS) is 11.1. The van der Waals surface area contributed by atoms with Gasteiger partial charge in [0, 0.05) is 24.6 Å². The fourth-order valence-corrected chi connectivity index (χ4v) is 2.50. The summed E-state index contributed by atoms with van der Waals surface area (Å²) in [6.45, 7) is 3.94. The van der Waals surface area contributed by atoms with Crippen molar-refractivity contribution < 1.29 is 4.39 Å². The summed E-state index contributed by atoms with van der Waals surface area (Å²) in [5, 5.41) is 10.5. The lowest BCUT2D eigenvalue weighted by atomic mass is 10.1. The predicted molar refractivity (Wildman–Crippen MR) is 112 cm³/mol. The van der Waals surface area contributed by atoms with Crippen molar-refractivity contribution in [1.29, 1.82) is 0 Å². The summed E-state index contributed by atoms with van der Waals surface area (Å²) < 4.78 is 16.2. The molecule has 0 fully saturated rings. The SMILES string of the molecule is CCNC(=NCc1ncnn1C)NCCCc1ccc(Br)cc1F.I. The van der Waals surface area contributed by atoms with Crippen LogP contribution in [0.1, 0.15) is 24.7 Å². The Bertz CT molecular complexity index is 691. The lowest BCUT2D eigenvalue weighted by molar-refractivity contribution is 0.601. The molecule has 2 aromatic rings. The van der Waals surface area contributed by atoms with E-state index in [9.17, 15) is 4.39 Å². The molecule has 138 valence electrons. The smallest absolute Gasteiger partial charge is 0.191 e. The number of guanidine groups is 1. The highest BCUT2D eigenvalue weighted by molar-refractivity contribution is 14.0. The predicted octanol–water partition coefficient (Wildman–Crippen LogP) is 3.02. The summed E-state index contributed by atoms with van der Waals surface area (Å²) >= 11 is 3.27. The molecule has 0 aliphatic rings. The van der Waals surface area contributed by atoms with Gasteiger partial charge in [0.05, 0.1) is 0 Å². The van der Waals surface area contributed by atoms with Crippen molar-refractivity contribution in [2.45, 2.75) is 26.3 Å². The average Bonchev–Trinajstić information content (AvgIpc) is 2.96. The summed E-state index contributed by atoms with van der Waals surface area (Å²) in [7, 11) is 1.84. The van der Waals surface area contributed by atoms with Crippen molar-refractivity contribution in [1.82, 2.24) is 25.4 Å². The number of aryl methyl sites for hydroxylation is 2. The van der Waals surface area contributed by atoms with Crippen LogP contribution < -0.4 is 10.6 Å². The van der Waals surface area contributed by atoms with Crippen molar-refractivity contribution in [3.8, 4) is 0 Å². The third-order valence-corrected chi connectivity index (χ3v) is 3.95. The minimum Gasteiger partial charge on any atom is -0.357 e. The van der Waals surface area contributed by atoms with E-state index in [4.69, 9.17) is 0 Å². The number of aromatic nitrogens is 3. The highest BCUT2D eigenvalue weighted by atomic mass is 127. The fourth-order valence-electron chi connectivity index (χ4n) is 2.16. The molecule has 2 N–H and O–H groups in total. The molecule has 0 saturated heterocycles. The van der Waals surface area contributed by atoms with Gasteiger partial charge in [-0.2, -0.15) is 5.10 Å². The summed E-state index contributed by atoms with van der Waals surface area (Å²) in [6.07, 6.45) is 3.00. The first-order chi connectivity index (χ1) is 11.6. The van der Waals surface area contributed by atoms with Gasteiger partial charge >= 0.3 is 0 Å². The zero-order valence-electron chi connectivity index (χ0n) is 14.3. The van der Waals surface area contributed by atoms with Crippen LogP contribution in [0.2, 0.25) is 0 Å². The van der Waals surface area contributed by atoms with E-state index in [0.29, 0.717) is 19.5 Å². The summed E-state index contributed by atoms with van der Waals surface area (Å²) in [5.41, 5.74) is 0.723. The van der Waals surface area contributed by atoms with Gasteiger partial charge in [-0.25, -0.2) is 14.4 Å². The largest absolute Gasteiger partial charge is 0.357 e. The molecule has 0 bridgehead atoms. The second-order valence-electron chi connectivity index (χ2n) is 5.26. The Balaban J connectivity index is 0.00000312. The van der Waals surface area contributed by atoms with Crippen LogP contribution in [0, 0.1) is 5.82 Å². The first-order valence-electron chi connectivity index (χ1n) is 7.89. The zero-order chi connectivity index (χ0) is 17.4. The third kappa shape index (κ3) is 7.27. The quantitative estimate of drug-likeness (QED) is 0.253. The van der Waals surface area contributed by atoms with E-state index in [2.05, 4.69) is 41.6 Å². The molecule has 2 rings (SSSR count). The molecule has 0 saturated carbocycles. The van der Waals surface area contributed by atoms with Crippen LogP contribution in [0.5, 0.6) is 0 Å². The number of nitrogens with one attached hydrogen (secondary N) is 2. The number of hydrogen-bond donors (Lipinski definition) is 2. The number of halogens is 3. The number of aliphatic imine (C=N–C) groups is 1. The number of rotatable bonds is 7. The molecule has 0 aliphatic carbocycles. The van der Waals surface area contributed by atoms with Crippen LogP contribution in [0.25, 0.3) is 0 Å². The molecule has 6 nitrogen and oxygen atoms in total. The van der Waals surface area contributed by atoms with Crippen molar-refractivity contribution in [2.75, 3.05) is 13.1 Å². The molecule has 0 spiro atoms. The van der Waals surface area contributed by atoms with Gasteiger partial charge in [0.1, 0.15) is 24.5 Å². The van der Waals surface area contributed by atoms with Gasteiger partial charge in [-0.3, -0.25) is 4.68 Å². The van der Waals surface area contributed by atoms with Crippen molar-refractivity contribution in [3.63, 3.8) is 0 Å². The van der Waals surface area contributed by atoms with Crippen molar-refractivity contribution >= 4 is 45.9 Å². The fraction of sp³-hybridized carbons (Fsp3) is 0.438. The Morgan fingerprint density at radius 1 is 1.36 bits per heavy atom. The maximum Gasteiger partial charge on any atom is 0.191 e. The standard InChI is InChI=1S/C16H22BrFN6.HI/c1-3-19-16(21-10-15-22-11-23-24(15)2)20-8-4-5-12-6-7-13(17)9-14(12)18;/h6-7,9,11H,3-5,8,10H2,1-2H3,(H2,19,20,21);1H. The Morgan fingerprint density at radius 3 is 2.80 bits per heavy atom. The van der Waals surface area contributed by atoms with Gasteiger partial charge in [0.15, 0.2) is 5.96 Å². The molecule has 0 unspecified atom stereocenters. The number of benzene rings is 1. The van der Waals surface area contributed by atoms with Crippen LogP contribution in [-0.4, -0.2) is 33.8 Å². The summed E-state index contributed by atoms with van der Waals surface area (Å²) in [5.74, 6) is 1.34. The van der Waals surface area contributed by atoms with E-state index in [0.717, 1.165) is 34.8 Å². The monoisotopic (exact) mass is 524 g/mol. The van der Waals surface area contributed by atoms with Gasteiger partial charge in [-0.1, -0.05) is 22.0 Å². The van der Waals surface area contributed by atoms with Crippen LogP contribution in [0.4, 0.5) is 4.39 Å². The average molecular weight is 525 g/mol. The Morgan fingerprint density at radius 2 is 2.16 bits per heavy atom.